The number of para-hydroxylation sites is 1. The third-order valence-corrected chi connectivity index (χ3v) is 5.83. The number of nitrogen functional groups attached to an aromatic ring is 1. The van der Waals surface area contributed by atoms with Gasteiger partial charge in [-0.25, -0.2) is 8.42 Å². The second kappa shape index (κ2) is 5.55. The Balaban J connectivity index is 1.72. The largest absolute Gasteiger partial charge is 0.423 e. The van der Waals surface area contributed by atoms with Gasteiger partial charge in [-0.2, -0.15) is 19.6 Å². The van der Waals surface area contributed by atoms with Gasteiger partial charge in [0.25, 0.3) is 6.01 Å². The summed E-state index contributed by atoms with van der Waals surface area (Å²) in [6, 6.07) is 7.74. The number of hydrogen-bond acceptors (Lipinski definition) is 7. The van der Waals surface area contributed by atoms with Gasteiger partial charge in [-0.1, -0.05) is 12.1 Å². The summed E-state index contributed by atoms with van der Waals surface area (Å²) in [6.07, 6.45) is 4.78. The van der Waals surface area contributed by atoms with E-state index in [0.29, 0.717) is 11.1 Å². The molecule has 0 amide bonds. The van der Waals surface area contributed by atoms with Crippen LogP contribution in [0.1, 0.15) is 6.42 Å². The Morgan fingerprint density at radius 3 is 2.88 bits per heavy atom. The smallest absolute Gasteiger partial charge is 0.293 e. The van der Waals surface area contributed by atoms with Crippen molar-refractivity contribution in [1.29, 1.82) is 5.26 Å². The number of anilines is 1. The molecule has 2 N–H and O–H groups in total. The number of sulfonamides is 1. The molecule has 0 unspecified atom stereocenters. The van der Waals surface area contributed by atoms with Crippen molar-refractivity contribution in [2.45, 2.75) is 12.0 Å². The van der Waals surface area contributed by atoms with Gasteiger partial charge in [-0.15, -0.1) is 0 Å². The van der Waals surface area contributed by atoms with Crippen molar-refractivity contribution in [1.82, 2.24) is 19.1 Å². The van der Waals surface area contributed by atoms with E-state index in [-0.39, 0.29) is 25.5 Å². The fourth-order valence-electron chi connectivity index (χ4n) is 3.24. The van der Waals surface area contributed by atoms with Gasteiger partial charge in [0.15, 0.2) is 5.58 Å². The SMILES string of the molecule is CS(=O)(=O)N1CC(CC#N)(n2cc(-c3cccc4nc(N)oc34)cn2)C1. The molecule has 134 valence electrons. The molecule has 1 saturated heterocycles. The summed E-state index contributed by atoms with van der Waals surface area (Å²) in [5, 5.41) is 13.6. The van der Waals surface area contributed by atoms with E-state index >= 15 is 0 Å². The first kappa shape index (κ1) is 16.6. The zero-order valence-electron chi connectivity index (χ0n) is 14.0. The summed E-state index contributed by atoms with van der Waals surface area (Å²) in [7, 11) is -3.29. The molecule has 0 aliphatic carbocycles. The lowest BCUT2D eigenvalue weighted by Gasteiger charge is -2.47. The lowest BCUT2D eigenvalue weighted by molar-refractivity contribution is 0.0724. The first-order valence-corrected chi connectivity index (χ1v) is 9.70. The normalized spacial score (nSPS) is 17.1. The Labute approximate surface area is 149 Å². The summed E-state index contributed by atoms with van der Waals surface area (Å²) in [6.45, 7) is 0.444. The van der Waals surface area contributed by atoms with E-state index < -0.39 is 15.6 Å². The number of fused-ring (bicyclic) bond motifs is 1. The number of benzene rings is 1. The van der Waals surface area contributed by atoms with Crippen molar-refractivity contribution >= 4 is 27.1 Å². The highest BCUT2D eigenvalue weighted by Gasteiger charge is 2.49. The number of nitrogens with zero attached hydrogens (tertiary/aromatic N) is 5. The summed E-state index contributed by atoms with van der Waals surface area (Å²) in [4.78, 5) is 4.12. The van der Waals surface area contributed by atoms with Crippen molar-refractivity contribution < 1.29 is 12.8 Å². The Hall–Kier alpha value is -2.90. The zero-order valence-corrected chi connectivity index (χ0v) is 14.8. The van der Waals surface area contributed by atoms with E-state index in [9.17, 15) is 13.7 Å². The maximum Gasteiger partial charge on any atom is 0.293 e. The van der Waals surface area contributed by atoms with Crippen LogP contribution >= 0.6 is 0 Å². The van der Waals surface area contributed by atoms with Gasteiger partial charge in [-0.3, -0.25) is 4.68 Å². The average molecular weight is 372 g/mol. The summed E-state index contributed by atoms with van der Waals surface area (Å²) >= 11 is 0. The highest BCUT2D eigenvalue weighted by Crippen LogP contribution is 2.36. The number of nitriles is 1. The maximum absolute atomic E-state index is 11.7. The lowest BCUT2D eigenvalue weighted by Crippen LogP contribution is -2.63. The summed E-state index contributed by atoms with van der Waals surface area (Å²) < 4.78 is 31.9. The average Bonchev–Trinajstić information content (AvgIpc) is 3.14. The van der Waals surface area contributed by atoms with Crippen molar-refractivity contribution in [3.05, 3.63) is 30.6 Å². The van der Waals surface area contributed by atoms with E-state index in [1.807, 2.05) is 12.1 Å². The molecule has 1 aromatic carbocycles. The number of hydrogen-bond donors (Lipinski definition) is 1. The minimum Gasteiger partial charge on any atom is -0.423 e. The molecule has 2 aromatic heterocycles. The van der Waals surface area contributed by atoms with E-state index in [0.717, 1.165) is 17.4 Å². The molecule has 1 aliphatic heterocycles. The number of aromatic nitrogens is 3. The molecule has 1 aliphatic rings. The molecule has 0 atom stereocenters. The van der Waals surface area contributed by atoms with E-state index in [4.69, 9.17) is 10.2 Å². The van der Waals surface area contributed by atoms with E-state index in [2.05, 4.69) is 16.2 Å². The molecule has 0 spiro atoms. The topological polar surface area (TPSA) is 131 Å². The molecule has 9 nitrogen and oxygen atoms in total. The maximum atomic E-state index is 11.7. The molecule has 4 rings (SSSR count). The molecule has 0 bridgehead atoms. The van der Waals surface area contributed by atoms with Gasteiger partial charge in [0.2, 0.25) is 10.0 Å². The lowest BCUT2D eigenvalue weighted by atomic mass is 9.89. The van der Waals surface area contributed by atoms with Crippen LogP contribution in [0, 0.1) is 11.3 Å². The highest BCUT2D eigenvalue weighted by atomic mass is 32.2. The van der Waals surface area contributed by atoms with E-state index in [1.54, 1.807) is 23.1 Å². The summed E-state index contributed by atoms with van der Waals surface area (Å²) in [5.41, 5.74) is 7.75. The van der Waals surface area contributed by atoms with Crippen LogP contribution in [-0.2, 0) is 15.6 Å². The first-order valence-electron chi connectivity index (χ1n) is 7.85. The van der Waals surface area contributed by atoms with Gasteiger partial charge in [-0.05, 0) is 6.07 Å². The molecule has 10 heteroatoms. The van der Waals surface area contributed by atoms with Crippen LogP contribution in [0.5, 0.6) is 0 Å². The number of oxazole rings is 1. The minimum atomic E-state index is -3.29. The van der Waals surface area contributed by atoms with Gasteiger partial charge < -0.3 is 10.2 Å². The molecular weight excluding hydrogens is 356 g/mol. The van der Waals surface area contributed by atoms with Crippen LogP contribution in [0.4, 0.5) is 6.01 Å². The Bertz CT molecular complexity index is 1130. The number of nitrogens with two attached hydrogens (primary N) is 1. The van der Waals surface area contributed by atoms with Crippen LogP contribution in [-0.4, -0.2) is 46.8 Å². The first-order chi connectivity index (χ1) is 12.3. The Kier molecular flexibility index (Phi) is 3.54. The van der Waals surface area contributed by atoms with Crippen molar-refractivity contribution in [3.63, 3.8) is 0 Å². The van der Waals surface area contributed by atoms with Crippen molar-refractivity contribution in [3.8, 4) is 17.2 Å². The second-order valence-corrected chi connectivity index (χ2v) is 8.45. The Morgan fingerprint density at radius 2 is 2.19 bits per heavy atom. The monoisotopic (exact) mass is 372 g/mol. The minimum absolute atomic E-state index is 0.0866. The number of rotatable bonds is 4. The third-order valence-electron chi connectivity index (χ3n) is 4.63. The van der Waals surface area contributed by atoms with Gasteiger partial charge >= 0.3 is 0 Å². The van der Waals surface area contributed by atoms with E-state index in [1.165, 1.54) is 4.31 Å². The quantitative estimate of drug-likeness (QED) is 0.727. The molecule has 3 aromatic rings. The van der Waals surface area contributed by atoms with Crippen LogP contribution in [0.15, 0.2) is 35.0 Å². The van der Waals surface area contributed by atoms with Gasteiger partial charge in [0, 0.05) is 30.4 Å². The second-order valence-electron chi connectivity index (χ2n) is 6.47. The third kappa shape index (κ3) is 2.53. The molecule has 3 heterocycles. The zero-order chi connectivity index (χ0) is 18.5. The molecule has 1 fully saturated rings. The standard InChI is InChI=1S/C16H16N6O3S/c1-26(23,24)21-9-16(10-21,5-6-17)22-8-11(7-19-22)12-3-2-4-13-14(12)25-15(18)20-13/h2-4,7-8H,5,9-10H2,1H3,(H2,18,20). The fourth-order valence-corrected chi connectivity index (χ4v) is 4.19. The molecular formula is C16H16N6O3S. The molecule has 0 saturated carbocycles. The van der Waals surface area contributed by atoms with Crippen LogP contribution in [0.3, 0.4) is 0 Å². The van der Waals surface area contributed by atoms with Crippen molar-refractivity contribution in [2.24, 2.45) is 0 Å². The summed E-state index contributed by atoms with van der Waals surface area (Å²) in [5.74, 6) is 0. The fraction of sp³-hybridized carbons (Fsp3) is 0.312. The van der Waals surface area contributed by atoms with Crippen LogP contribution < -0.4 is 5.73 Å². The predicted molar refractivity (Wildman–Crippen MR) is 94.3 cm³/mol. The van der Waals surface area contributed by atoms with Crippen LogP contribution in [0.2, 0.25) is 0 Å². The highest BCUT2D eigenvalue weighted by molar-refractivity contribution is 7.88. The predicted octanol–water partition coefficient (Wildman–Crippen LogP) is 1.16. The molecule has 0 radical (unpaired) electrons. The molecule has 26 heavy (non-hydrogen) atoms. The van der Waals surface area contributed by atoms with Gasteiger partial charge in [0.05, 0.1) is 24.9 Å². The Morgan fingerprint density at radius 1 is 1.42 bits per heavy atom. The van der Waals surface area contributed by atoms with Crippen molar-refractivity contribution in [2.75, 3.05) is 25.1 Å². The van der Waals surface area contributed by atoms with Gasteiger partial charge in [0.1, 0.15) is 11.1 Å². The van der Waals surface area contributed by atoms with Crippen LogP contribution in [0.25, 0.3) is 22.2 Å².